The molecule has 2 aromatic rings. The van der Waals surface area contributed by atoms with E-state index in [1.54, 1.807) is 6.07 Å². The van der Waals surface area contributed by atoms with E-state index < -0.39 is 0 Å². The number of aryl methyl sites for hydroxylation is 1. The van der Waals surface area contributed by atoms with E-state index in [0.29, 0.717) is 10.0 Å². The average Bonchev–Trinajstić information content (AvgIpc) is 2.39. The zero-order chi connectivity index (χ0) is 13.8. The lowest BCUT2D eigenvalue weighted by molar-refractivity contribution is 0.552. The Labute approximate surface area is 123 Å². The summed E-state index contributed by atoms with van der Waals surface area (Å²) in [5.74, 6) is 5.65. The van der Waals surface area contributed by atoms with Crippen LogP contribution >= 0.6 is 23.2 Å². The zero-order valence-electron chi connectivity index (χ0n) is 10.7. The molecular formula is C15H16Cl2N2. The van der Waals surface area contributed by atoms with E-state index in [2.05, 4.69) is 36.6 Å². The molecule has 0 saturated heterocycles. The molecule has 2 nitrogen and oxygen atoms in total. The second kappa shape index (κ2) is 6.40. The van der Waals surface area contributed by atoms with Gasteiger partial charge in [-0.1, -0.05) is 59.1 Å². The van der Waals surface area contributed by atoms with Gasteiger partial charge in [0.25, 0.3) is 0 Å². The number of nitrogens with two attached hydrogens (primary N) is 1. The van der Waals surface area contributed by atoms with Crippen molar-refractivity contribution < 1.29 is 0 Å². The molecule has 2 aromatic carbocycles. The van der Waals surface area contributed by atoms with Crippen LogP contribution in [0.1, 0.15) is 22.7 Å². The van der Waals surface area contributed by atoms with E-state index in [1.807, 2.05) is 12.1 Å². The van der Waals surface area contributed by atoms with Crippen molar-refractivity contribution in [2.75, 3.05) is 0 Å². The largest absolute Gasteiger partial charge is 0.271 e. The highest BCUT2D eigenvalue weighted by Crippen LogP contribution is 2.28. The molecule has 0 radical (unpaired) electrons. The van der Waals surface area contributed by atoms with E-state index in [1.165, 1.54) is 11.1 Å². The first-order chi connectivity index (χ1) is 9.10. The standard InChI is InChI=1S/C15H16Cl2N2/c1-10-2-4-11(5-3-10)8-15(19-18)13-7-6-12(16)9-14(13)17/h2-7,9,15,19H,8,18H2,1H3. The third kappa shape index (κ3) is 3.71. The molecule has 0 amide bonds. The molecule has 0 bridgehead atoms. The summed E-state index contributed by atoms with van der Waals surface area (Å²) in [5, 5.41) is 1.25. The Balaban J connectivity index is 2.22. The lowest BCUT2D eigenvalue weighted by Gasteiger charge is -2.18. The summed E-state index contributed by atoms with van der Waals surface area (Å²) in [6, 6.07) is 13.8. The number of hydrogen-bond acceptors (Lipinski definition) is 2. The predicted molar refractivity (Wildman–Crippen MR) is 81.4 cm³/mol. The molecule has 100 valence electrons. The first kappa shape index (κ1) is 14.4. The minimum absolute atomic E-state index is 0.0347. The number of hydrogen-bond donors (Lipinski definition) is 2. The number of rotatable bonds is 4. The van der Waals surface area contributed by atoms with Gasteiger partial charge in [-0.25, -0.2) is 0 Å². The quantitative estimate of drug-likeness (QED) is 0.659. The van der Waals surface area contributed by atoms with Crippen LogP contribution in [0.25, 0.3) is 0 Å². The lowest BCUT2D eigenvalue weighted by atomic mass is 9.99. The van der Waals surface area contributed by atoms with Gasteiger partial charge in [0.1, 0.15) is 0 Å². The fourth-order valence-electron chi connectivity index (χ4n) is 2.00. The summed E-state index contributed by atoms with van der Waals surface area (Å²) in [6.45, 7) is 2.07. The van der Waals surface area contributed by atoms with Gasteiger partial charge in [-0.15, -0.1) is 0 Å². The van der Waals surface area contributed by atoms with Gasteiger partial charge >= 0.3 is 0 Å². The summed E-state index contributed by atoms with van der Waals surface area (Å²) in [7, 11) is 0. The molecule has 1 unspecified atom stereocenters. The third-order valence-electron chi connectivity index (χ3n) is 3.10. The van der Waals surface area contributed by atoms with Crippen molar-refractivity contribution in [1.82, 2.24) is 5.43 Å². The van der Waals surface area contributed by atoms with Gasteiger partial charge in [0, 0.05) is 10.0 Å². The molecule has 0 heterocycles. The molecular weight excluding hydrogens is 279 g/mol. The van der Waals surface area contributed by atoms with Crippen molar-refractivity contribution in [2.24, 2.45) is 5.84 Å². The molecule has 0 spiro atoms. The minimum Gasteiger partial charge on any atom is -0.271 e. The highest BCUT2D eigenvalue weighted by atomic mass is 35.5. The highest BCUT2D eigenvalue weighted by Gasteiger charge is 2.14. The molecule has 0 aliphatic carbocycles. The van der Waals surface area contributed by atoms with E-state index in [0.717, 1.165) is 12.0 Å². The monoisotopic (exact) mass is 294 g/mol. The number of benzene rings is 2. The summed E-state index contributed by atoms with van der Waals surface area (Å²) >= 11 is 12.1. The van der Waals surface area contributed by atoms with E-state index in [-0.39, 0.29) is 6.04 Å². The van der Waals surface area contributed by atoms with Crippen molar-refractivity contribution >= 4 is 23.2 Å². The van der Waals surface area contributed by atoms with Crippen molar-refractivity contribution in [2.45, 2.75) is 19.4 Å². The van der Waals surface area contributed by atoms with E-state index in [4.69, 9.17) is 29.0 Å². The van der Waals surface area contributed by atoms with Gasteiger partial charge < -0.3 is 0 Å². The Morgan fingerprint density at radius 2 is 1.79 bits per heavy atom. The van der Waals surface area contributed by atoms with Crippen LogP contribution in [0.15, 0.2) is 42.5 Å². The second-order valence-corrected chi connectivity index (χ2v) is 5.42. The zero-order valence-corrected chi connectivity index (χ0v) is 12.2. The fourth-order valence-corrected chi connectivity index (χ4v) is 2.54. The number of hydrazine groups is 1. The maximum atomic E-state index is 6.21. The maximum absolute atomic E-state index is 6.21. The van der Waals surface area contributed by atoms with Crippen molar-refractivity contribution in [3.8, 4) is 0 Å². The summed E-state index contributed by atoms with van der Waals surface area (Å²) in [4.78, 5) is 0. The van der Waals surface area contributed by atoms with Gasteiger partial charge in [0.2, 0.25) is 0 Å². The van der Waals surface area contributed by atoms with E-state index >= 15 is 0 Å². The SMILES string of the molecule is Cc1ccc(CC(NN)c2ccc(Cl)cc2Cl)cc1. The van der Waals surface area contributed by atoms with Crippen LogP contribution in [-0.4, -0.2) is 0 Å². The molecule has 3 N–H and O–H groups in total. The minimum atomic E-state index is -0.0347. The maximum Gasteiger partial charge on any atom is 0.0515 e. The van der Waals surface area contributed by atoms with Crippen LogP contribution in [-0.2, 0) is 6.42 Å². The summed E-state index contributed by atoms with van der Waals surface area (Å²) in [6.07, 6.45) is 0.776. The van der Waals surface area contributed by atoms with Crippen LogP contribution < -0.4 is 11.3 Å². The molecule has 0 fully saturated rings. The van der Waals surface area contributed by atoms with Gasteiger partial charge in [0.15, 0.2) is 0 Å². The van der Waals surface area contributed by atoms with Crippen LogP contribution in [0, 0.1) is 6.92 Å². The van der Waals surface area contributed by atoms with E-state index in [9.17, 15) is 0 Å². The molecule has 19 heavy (non-hydrogen) atoms. The van der Waals surface area contributed by atoms with Crippen molar-refractivity contribution in [3.05, 3.63) is 69.2 Å². The van der Waals surface area contributed by atoms with Crippen LogP contribution in [0.5, 0.6) is 0 Å². The molecule has 2 rings (SSSR count). The summed E-state index contributed by atoms with van der Waals surface area (Å²) in [5.41, 5.74) is 6.22. The first-order valence-electron chi connectivity index (χ1n) is 6.07. The van der Waals surface area contributed by atoms with Gasteiger partial charge in [0.05, 0.1) is 6.04 Å². The highest BCUT2D eigenvalue weighted by molar-refractivity contribution is 6.35. The van der Waals surface area contributed by atoms with Crippen molar-refractivity contribution in [1.29, 1.82) is 0 Å². The van der Waals surface area contributed by atoms with Crippen LogP contribution in [0.2, 0.25) is 10.0 Å². The van der Waals surface area contributed by atoms with Crippen LogP contribution in [0.3, 0.4) is 0 Å². The van der Waals surface area contributed by atoms with Crippen LogP contribution in [0.4, 0.5) is 0 Å². The smallest absolute Gasteiger partial charge is 0.0515 e. The van der Waals surface area contributed by atoms with Gasteiger partial charge in [-0.05, 0) is 36.6 Å². The Morgan fingerprint density at radius 1 is 1.11 bits per heavy atom. The fraction of sp³-hybridized carbons (Fsp3) is 0.200. The van der Waals surface area contributed by atoms with Gasteiger partial charge in [-0.3, -0.25) is 11.3 Å². The molecule has 0 aliphatic rings. The summed E-state index contributed by atoms with van der Waals surface area (Å²) < 4.78 is 0. The Kier molecular flexibility index (Phi) is 4.83. The first-order valence-corrected chi connectivity index (χ1v) is 6.82. The normalized spacial score (nSPS) is 12.4. The molecule has 4 heteroatoms. The number of halogens is 2. The number of nitrogens with one attached hydrogen (secondary N) is 1. The topological polar surface area (TPSA) is 38.0 Å². The Hall–Kier alpha value is -1.06. The predicted octanol–water partition coefficient (Wildman–Crippen LogP) is 4.05. The second-order valence-electron chi connectivity index (χ2n) is 4.57. The molecule has 0 saturated carbocycles. The molecule has 0 aromatic heterocycles. The van der Waals surface area contributed by atoms with Crippen molar-refractivity contribution in [3.63, 3.8) is 0 Å². The lowest BCUT2D eigenvalue weighted by Crippen LogP contribution is -2.29. The average molecular weight is 295 g/mol. The van der Waals surface area contributed by atoms with Gasteiger partial charge in [-0.2, -0.15) is 0 Å². The molecule has 0 aliphatic heterocycles. The Morgan fingerprint density at radius 3 is 2.37 bits per heavy atom. The Bertz CT molecular complexity index is 553. The third-order valence-corrected chi connectivity index (χ3v) is 3.66. The molecule has 1 atom stereocenters.